The molecular weight excluding hydrogens is 340 g/mol. The molecule has 1 aliphatic heterocycles. The number of carbonyl (C=O) groups is 2. The van der Waals surface area contributed by atoms with Crippen LogP contribution in [0.4, 0.5) is 0 Å². The molecule has 2 unspecified atom stereocenters. The predicted molar refractivity (Wildman–Crippen MR) is 102 cm³/mol. The maximum Gasteiger partial charge on any atom is 0.274 e. The van der Waals surface area contributed by atoms with Gasteiger partial charge >= 0.3 is 0 Å². The van der Waals surface area contributed by atoms with Crippen LogP contribution in [0.5, 0.6) is 0 Å². The van der Waals surface area contributed by atoms with Crippen LogP contribution in [0.1, 0.15) is 69.8 Å². The average molecular weight is 370 g/mol. The number of hydrogen-bond acceptors (Lipinski definition) is 4. The molecule has 6 heteroatoms. The normalized spacial score (nSPS) is 28.9. The second kappa shape index (κ2) is 6.57. The van der Waals surface area contributed by atoms with E-state index in [9.17, 15) is 9.59 Å². The molecule has 0 radical (unpaired) electrons. The Hall–Kier alpha value is -1.98. The Morgan fingerprint density at radius 1 is 1.22 bits per heavy atom. The fourth-order valence-electron chi connectivity index (χ4n) is 5.50. The summed E-state index contributed by atoms with van der Waals surface area (Å²) in [4.78, 5) is 37.9. The number of fused-ring (bicyclic) bond motifs is 2. The molecule has 2 aliphatic carbocycles. The summed E-state index contributed by atoms with van der Waals surface area (Å²) in [7, 11) is 0. The van der Waals surface area contributed by atoms with E-state index in [4.69, 9.17) is 0 Å². The predicted octanol–water partition coefficient (Wildman–Crippen LogP) is 2.90. The van der Waals surface area contributed by atoms with Gasteiger partial charge in [-0.25, -0.2) is 4.98 Å². The highest BCUT2D eigenvalue weighted by Crippen LogP contribution is 2.52. The van der Waals surface area contributed by atoms with Crippen molar-refractivity contribution in [1.82, 2.24) is 19.8 Å². The monoisotopic (exact) mass is 370 g/mol. The van der Waals surface area contributed by atoms with Crippen molar-refractivity contribution >= 4 is 11.8 Å². The molecule has 3 fully saturated rings. The van der Waals surface area contributed by atoms with Gasteiger partial charge in [0.05, 0.1) is 6.20 Å². The maximum absolute atomic E-state index is 13.0. The number of amides is 2. The first-order valence-electron chi connectivity index (χ1n) is 10.1. The number of nitrogens with zero attached hydrogens (tertiary/aromatic N) is 4. The van der Waals surface area contributed by atoms with E-state index in [0.717, 1.165) is 32.2 Å². The average Bonchev–Trinajstić information content (AvgIpc) is 3.39. The number of carbonyl (C=O) groups excluding carboxylic acids is 2. The van der Waals surface area contributed by atoms with Gasteiger partial charge in [-0.2, -0.15) is 0 Å². The second-order valence-corrected chi connectivity index (χ2v) is 9.81. The first-order chi connectivity index (χ1) is 12.8. The Balaban J connectivity index is 1.40. The van der Waals surface area contributed by atoms with Crippen molar-refractivity contribution in [1.29, 1.82) is 0 Å². The Kier molecular flexibility index (Phi) is 4.47. The molecule has 0 spiro atoms. The quantitative estimate of drug-likeness (QED) is 0.799. The molecular formula is C21H30N4O2. The van der Waals surface area contributed by atoms with Gasteiger partial charge in [-0.15, -0.1) is 0 Å². The van der Waals surface area contributed by atoms with Gasteiger partial charge in [-0.05, 0) is 42.9 Å². The second-order valence-electron chi connectivity index (χ2n) is 9.81. The molecule has 146 valence electrons. The summed E-state index contributed by atoms with van der Waals surface area (Å²) >= 11 is 0. The van der Waals surface area contributed by atoms with Crippen molar-refractivity contribution < 1.29 is 9.59 Å². The molecule has 2 heterocycles. The number of hydrogen-bond donors (Lipinski definition) is 0. The highest BCUT2D eigenvalue weighted by Gasteiger charge is 2.50. The van der Waals surface area contributed by atoms with Gasteiger partial charge < -0.3 is 9.80 Å². The summed E-state index contributed by atoms with van der Waals surface area (Å²) in [6, 6.07) is 0.609. The van der Waals surface area contributed by atoms with Gasteiger partial charge in [-0.3, -0.25) is 14.6 Å². The smallest absolute Gasteiger partial charge is 0.274 e. The lowest BCUT2D eigenvalue weighted by atomic mass is 9.65. The summed E-state index contributed by atoms with van der Waals surface area (Å²) < 4.78 is 0. The lowest BCUT2D eigenvalue weighted by Gasteiger charge is -2.39. The van der Waals surface area contributed by atoms with E-state index in [1.54, 1.807) is 6.20 Å². The van der Waals surface area contributed by atoms with E-state index in [-0.39, 0.29) is 23.3 Å². The van der Waals surface area contributed by atoms with E-state index in [2.05, 4.69) is 35.6 Å². The van der Waals surface area contributed by atoms with Crippen LogP contribution < -0.4 is 0 Å². The Labute approximate surface area is 161 Å². The topological polar surface area (TPSA) is 66.4 Å². The third-order valence-corrected chi connectivity index (χ3v) is 6.33. The molecule has 3 aliphatic rings. The van der Waals surface area contributed by atoms with Crippen molar-refractivity contribution in [3.05, 3.63) is 24.3 Å². The van der Waals surface area contributed by atoms with Crippen LogP contribution in [0, 0.1) is 10.8 Å². The van der Waals surface area contributed by atoms with Gasteiger partial charge in [0, 0.05) is 44.0 Å². The van der Waals surface area contributed by atoms with Crippen molar-refractivity contribution in [2.45, 2.75) is 71.4 Å². The molecule has 1 saturated heterocycles. The summed E-state index contributed by atoms with van der Waals surface area (Å²) in [6.07, 6.45) is 10.4. The van der Waals surface area contributed by atoms with Gasteiger partial charge in [0.25, 0.3) is 5.91 Å². The molecule has 2 atom stereocenters. The first kappa shape index (κ1) is 18.4. The van der Waals surface area contributed by atoms with Crippen LogP contribution in [-0.4, -0.2) is 56.8 Å². The van der Waals surface area contributed by atoms with Crippen molar-refractivity contribution in [2.24, 2.45) is 10.8 Å². The van der Waals surface area contributed by atoms with Crippen LogP contribution in [0.25, 0.3) is 0 Å². The molecule has 6 nitrogen and oxygen atoms in total. The maximum atomic E-state index is 13.0. The van der Waals surface area contributed by atoms with Crippen LogP contribution in [0.2, 0.25) is 0 Å². The molecule has 2 amide bonds. The van der Waals surface area contributed by atoms with Crippen LogP contribution >= 0.6 is 0 Å². The third-order valence-electron chi connectivity index (χ3n) is 6.33. The minimum absolute atomic E-state index is 0.105. The molecule has 1 aromatic rings. The number of likely N-dealkylation sites (tertiary alicyclic amines) is 1. The van der Waals surface area contributed by atoms with Gasteiger partial charge in [0.15, 0.2) is 0 Å². The third kappa shape index (κ3) is 3.85. The highest BCUT2D eigenvalue weighted by molar-refractivity contribution is 5.92. The molecule has 4 rings (SSSR count). The molecule has 2 bridgehead atoms. The summed E-state index contributed by atoms with van der Waals surface area (Å²) in [6.45, 7) is 8.30. The first-order valence-corrected chi connectivity index (χ1v) is 10.1. The summed E-state index contributed by atoms with van der Waals surface area (Å²) in [5, 5.41) is 0. The summed E-state index contributed by atoms with van der Waals surface area (Å²) in [5.41, 5.74) is 0.908. The van der Waals surface area contributed by atoms with E-state index in [1.165, 1.54) is 18.8 Å². The number of aromatic nitrogens is 2. The molecule has 0 aromatic carbocycles. The largest absolute Gasteiger partial charge is 0.339 e. The van der Waals surface area contributed by atoms with Crippen LogP contribution in [-0.2, 0) is 4.79 Å². The van der Waals surface area contributed by atoms with E-state index < -0.39 is 0 Å². The van der Waals surface area contributed by atoms with Crippen molar-refractivity contribution in [3.63, 3.8) is 0 Å². The lowest BCUT2D eigenvalue weighted by molar-refractivity contribution is -0.132. The Morgan fingerprint density at radius 3 is 2.67 bits per heavy atom. The van der Waals surface area contributed by atoms with Crippen molar-refractivity contribution in [3.8, 4) is 0 Å². The fraction of sp³-hybridized carbons (Fsp3) is 0.714. The zero-order valence-electron chi connectivity index (χ0n) is 16.6. The van der Waals surface area contributed by atoms with E-state index in [0.29, 0.717) is 30.1 Å². The lowest BCUT2D eigenvalue weighted by Crippen LogP contribution is -2.41. The Bertz CT molecular complexity index is 731. The minimum atomic E-state index is -0.105. The fourth-order valence-corrected chi connectivity index (χ4v) is 5.50. The molecule has 2 saturated carbocycles. The standard InChI is InChI=1S/C21H30N4O2/c1-20(2)10-16-11-21(3,13-20)14-25(16)18(26)6-9-24(15-4-5-15)19(27)17-12-22-7-8-23-17/h7-8,12,15-16H,4-6,9-11,13-14H2,1-3H3. The number of rotatable bonds is 5. The SMILES string of the molecule is CC1(C)CC2CC(C)(CN2C(=O)CCN(C(=O)c2cnccn2)C2CC2)C1. The molecule has 27 heavy (non-hydrogen) atoms. The van der Waals surface area contributed by atoms with E-state index >= 15 is 0 Å². The van der Waals surface area contributed by atoms with Gasteiger partial charge in [-0.1, -0.05) is 20.8 Å². The van der Waals surface area contributed by atoms with Crippen LogP contribution in [0.3, 0.4) is 0 Å². The van der Waals surface area contributed by atoms with E-state index in [1.807, 2.05) is 4.90 Å². The zero-order chi connectivity index (χ0) is 19.2. The van der Waals surface area contributed by atoms with Crippen LogP contribution in [0.15, 0.2) is 18.6 Å². The van der Waals surface area contributed by atoms with Gasteiger partial charge in [0.1, 0.15) is 5.69 Å². The zero-order valence-corrected chi connectivity index (χ0v) is 16.6. The highest BCUT2D eigenvalue weighted by atomic mass is 16.2. The van der Waals surface area contributed by atoms with Crippen molar-refractivity contribution in [2.75, 3.05) is 13.1 Å². The molecule has 1 aromatic heterocycles. The van der Waals surface area contributed by atoms with Gasteiger partial charge in [0.2, 0.25) is 5.91 Å². The minimum Gasteiger partial charge on any atom is -0.339 e. The summed E-state index contributed by atoms with van der Waals surface area (Å²) in [5.74, 6) is 0.0886. The Morgan fingerprint density at radius 2 is 2.00 bits per heavy atom. The molecule has 0 N–H and O–H groups in total.